The Balaban J connectivity index is 1.92. The Morgan fingerprint density at radius 2 is 1.95 bits per heavy atom. The minimum absolute atomic E-state index is 0.418. The minimum atomic E-state index is -2.02. The number of anilines is 1. The van der Waals surface area contributed by atoms with Crippen LogP contribution in [-0.2, 0) is 4.79 Å². The molecule has 1 aliphatic heterocycles. The highest BCUT2D eigenvalue weighted by Crippen LogP contribution is 2.32. The van der Waals surface area contributed by atoms with Gasteiger partial charge in [-0.2, -0.15) is 0 Å². The molecule has 1 heterocycles. The average Bonchev–Trinajstić information content (AvgIpc) is 2.45. The van der Waals surface area contributed by atoms with Gasteiger partial charge in [0, 0.05) is 11.8 Å². The molecule has 21 heavy (non-hydrogen) atoms. The summed E-state index contributed by atoms with van der Waals surface area (Å²) in [5, 5.41) is 23.0. The van der Waals surface area contributed by atoms with Gasteiger partial charge in [0.25, 0.3) is 0 Å². The molecule has 0 saturated carbocycles. The summed E-state index contributed by atoms with van der Waals surface area (Å²) < 4.78 is 10.7. The predicted molar refractivity (Wildman–Crippen MR) is 72.7 cm³/mol. The van der Waals surface area contributed by atoms with Crippen LogP contribution in [0.4, 0.5) is 10.5 Å². The molecule has 2 rings (SSSR count). The van der Waals surface area contributed by atoms with Crippen molar-refractivity contribution in [2.24, 2.45) is 0 Å². The van der Waals surface area contributed by atoms with Crippen LogP contribution in [-0.4, -0.2) is 47.6 Å². The van der Waals surface area contributed by atoms with Crippen molar-refractivity contribution in [1.82, 2.24) is 5.32 Å². The second-order valence-electron chi connectivity index (χ2n) is 4.75. The fraction of sp³-hybridized carbons (Fsp3) is 0.385. The van der Waals surface area contributed by atoms with Gasteiger partial charge < -0.3 is 30.3 Å². The number of carboxylic acids is 1. The topological polar surface area (TPSA) is 117 Å². The van der Waals surface area contributed by atoms with Crippen molar-refractivity contribution in [3.63, 3.8) is 0 Å². The second-order valence-corrected chi connectivity index (χ2v) is 4.75. The zero-order valence-electron chi connectivity index (χ0n) is 11.4. The van der Waals surface area contributed by atoms with Gasteiger partial charge in [-0.25, -0.2) is 9.59 Å². The van der Waals surface area contributed by atoms with Gasteiger partial charge in [-0.15, -0.1) is 0 Å². The predicted octanol–water partition coefficient (Wildman–Crippen LogP) is 0.415. The van der Waals surface area contributed by atoms with Crippen molar-refractivity contribution < 1.29 is 29.3 Å². The maximum absolute atomic E-state index is 11.7. The first-order valence-corrected chi connectivity index (χ1v) is 6.29. The lowest BCUT2D eigenvalue weighted by molar-refractivity contribution is -0.155. The molecular formula is C13H16N2O6. The van der Waals surface area contributed by atoms with Gasteiger partial charge in [-0.1, -0.05) is 0 Å². The van der Waals surface area contributed by atoms with E-state index in [1.807, 2.05) is 0 Å². The van der Waals surface area contributed by atoms with Crippen LogP contribution in [0.3, 0.4) is 0 Å². The highest BCUT2D eigenvalue weighted by atomic mass is 16.6. The van der Waals surface area contributed by atoms with Gasteiger partial charge in [0.1, 0.15) is 13.2 Å². The molecule has 1 unspecified atom stereocenters. The minimum Gasteiger partial charge on any atom is -0.486 e. The Morgan fingerprint density at radius 3 is 2.62 bits per heavy atom. The highest BCUT2D eigenvalue weighted by Gasteiger charge is 2.30. The highest BCUT2D eigenvalue weighted by molar-refractivity contribution is 5.90. The van der Waals surface area contributed by atoms with Gasteiger partial charge in [0.05, 0.1) is 6.54 Å². The Bertz CT molecular complexity index is 558. The fourth-order valence-electron chi connectivity index (χ4n) is 1.62. The van der Waals surface area contributed by atoms with Crippen molar-refractivity contribution >= 4 is 17.7 Å². The largest absolute Gasteiger partial charge is 0.486 e. The summed E-state index contributed by atoms with van der Waals surface area (Å²) in [6.07, 6.45) is 0. The molecule has 1 atom stereocenters. The van der Waals surface area contributed by atoms with E-state index in [9.17, 15) is 14.7 Å². The number of carboxylic acid groups (broad SMARTS) is 1. The number of aliphatic hydroxyl groups is 1. The number of hydrogen-bond acceptors (Lipinski definition) is 5. The molecule has 2 amide bonds. The van der Waals surface area contributed by atoms with E-state index in [2.05, 4.69) is 10.6 Å². The molecule has 0 saturated heterocycles. The summed E-state index contributed by atoms with van der Waals surface area (Å²) in [6, 6.07) is 4.26. The van der Waals surface area contributed by atoms with Gasteiger partial charge in [-0.3, -0.25) is 0 Å². The monoisotopic (exact) mass is 296 g/mol. The molecule has 0 spiro atoms. The van der Waals surface area contributed by atoms with Gasteiger partial charge in [0.15, 0.2) is 17.1 Å². The maximum Gasteiger partial charge on any atom is 0.337 e. The van der Waals surface area contributed by atoms with Crippen molar-refractivity contribution in [3.8, 4) is 11.5 Å². The van der Waals surface area contributed by atoms with E-state index >= 15 is 0 Å². The number of carbonyl (C=O) groups is 2. The first kappa shape index (κ1) is 14.9. The summed E-state index contributed by atoms with van der Waals surface area (Å²) in [7, 11) is 0. The Hall–Kier alpha value is -2.48. The van der Waals surface area contributed by atoms with E-state index < -0.39 is 24.1 Å². The van der Waals surface area contributed by atoms with Crippen molar-refractivity contribution in [2.45, 2.75) is 12.5 Å². The van der Waals surface area contributed by atoms with E-state index in [1.165, 1.54) is 0 Å². The normalized spacial score (nSPS) is 15.7. The smallest absolute Gasteiger partial charge is 0.337 e. The zero-order chi connectivity index (χ0) is 15.5. The standard InChI is InChI=1S/C13H16N2O6/c1-13(19,11(16)17)7-14-12(18)15-8-2-3-9-10(6-8)21-5-4-20-9/h2-3,6,19H,4-5,7H2,1H3,(H,16,17)(H2,14,15,18). The number of carbonyl (C=O) groups excluding carboxylic acids is 1. The van der Waals surface area contributed by atoms with Crippen LogP contribution >= 0.6 is 0 Å². The Kier molecular flexibility index (Phi) is 4.18. The molecule has 0 bridgehead atoms. The SMILES string of the molecule is CC(O)(CNC(=O)Nc1ccc2c(c1)OCCO2)C(=O)O. The van der Waals surface area contributed by atoms with Crippen LogP contribution in [0.2, 0.25) is 0 Å². The van der Waals surface area contributed by atoms with Crippen LogP contribution in [0.1, 0.15) is 6.92 Å². The lowest BCUT2D eigenvalue weighted by Gasteiger charge is -2.20. The van der Waals surface area contributed by atoms with E-state index in [1.54, 1.807) is 18.2 Å². The summed E-state index contributed by atoms with van der Waals surface area (Å²) in [5.41, 5.74) is -1.56. The molecular weight excluding hydrogens is 280 g/mol. The molecule has 1 aliphatic rings. The number of fused-ring (bicyclic) bond motifs is 1. The Morgan fingerprint density at radius 1 is 1.29 bits per heavy atom. The van der Waals surface area contributed by atoms with Crippen LogP contribution < -0.4 is 20.1 Å². The fourth-order valence-corrected chi connectivity index (χ4v) is 1.62. The summed E-state index contributed by atoms with van der Waals surface area (Å²) in [5.74, 6) is -0.292. The molecule has 0 aliphatic carbocycles. The third kappa shape index (κ3) is 3.76. The first-order chi connectivity index (χ1) is 9.88. The van der Waals surface area contributed by atoms with E-state index in [4.69, 9.17) is 14.6 Å². The summed E-state index contributed by atoms with van der Waals surface area (Å²) in [4.78, 5) is 22.4. The third-order valence-corrected chi connectivity index (χ3v) is 2.85. The lowest BCUT2D eigenvalue weighted by Crippen LogP contribution is -2.47. The molecule has 0 fully saturated rings. The molecule has 4 N–H and O–H groups in total. The van der Waals surface area contributed by atoms with Crippen LogP contribution in [0.5, 0.6) is 11.5 Å². The third-order valence-electron chi connectivity index (χ3n) is 2.85. The van der Waals surface area contributed by atoms with E-state index in [0.717, 1.165) is 6.92 Å². The number of urea groups is 1. The number of nitrogens with one attached hydrogen (secondary N) is 2. The van der Waals surface area contributed by atoms with Crippen molar-refractivity contribution in [1.29, 1.82) is 0 Å². The van der Waals surface area contributed by atoms with Gasteiger partial charge in [-0.05, 0) is 19.1 Å². The second kappa shape index (κ2) is 5.88. The number of aliphatic carboxylic acids is 1. The molecule has 114 valence electrons. The molecule has 8 heteroatoms. The molecule has 8 nitrogen and oxygen atoms in total. The van der Waals surface area contributed by atoms with Crippen LogP contribution in [0.25, 0.3) is 0 Å². The van der Waals surface area contributed by atoms with Crippen LogP contribution in [0.15, 0.2) is 18.2 Å². The number of amides is 2. The lowest BCUT2D eigenvalue weighted by atomic mass is 10.1. The Labute approximate surface area is 120 Å². The molecule has 1 aromatic rings. The average molecular weight is 296 g/mol. The first-order valence-electron chi connectivity index (χ1n) is 6.29. The zero-order valence-corrected chi connectivity index (χ0v) is 11.4. The summed E-state index contributed by atoms with van der Waals surface area (Å²) >= 11 is 0. The number of hydrogen-bond donors (Lipinski definition) is 4. The number of rotatable bonds is 4. The van der Waals surface area contributed by atoms with Gasteiger partial charge >= 0.3 is 12.0 Å². The van der Waals surface area contributed by atoms with Crippen molar-refractivity contribution in [3.05, 3.63) is 18.2 Å². The number of benzene rings is 1. The van der Waals surface area contributed by atoms with Gasteiger partial charge in [0.2, 0.25) is 0 Å². The quantitative estimate of drug-likeness (QED) is 0.639. The van der Waals surface area contributed by atoms with E-state index in [0.29, 0.717) is 30.4 Å². The summed E-state index contributed by atoms with van der Waals surface area (Å²) in [6.45, 7) is 1.59. The number of ether oxygens (including phenoxy) is 2. The van der Waals surface area contributed by atoms with Crippen LogP contribution in [0, 0.1) is 0 Å². The van der Waals surface area contributed by atoms with Crippen molar-refractivity contribution in [2.75, 3.05) is 25.1 Å². The molecule has 0 aromatic heterocycles. The van der Waals surface area contributed by atoms with E-state index in [-0.39, 0.29) is 0 Å². The molecule has 0 radical (unpaired) electrons. The molecule has 1 aromatic carbocycles. The maximum atomic E-state index is 11.7.